The summed E-state index contributed by atoms with van der Waals surface area (Å²) in [4.78, 5) is 48.4. The van der Waals surface area contributed by atoms with Gasteiger partial charge in [-0.15, -0.1) is 0 Å². The molecule has 1 aliphatic rings. The third kappa shape index (κ3) is 4.93. The van der Waals surface area contributed by atoms with Gasteiger partial charge < -0.3 is 15.0 Å². The lowest BCUT2D eigenvalue weighted by Crippen LogP contribution is -2.50. The van der Waals surface area contributed by atoms with Gasteiger partial charge >= 0.3 is 5.97 Å². The molecule has 1 fully saturated rings. The maximum atomic E-state index is 12.5. The van der Waals surface area contributed by atoms with Crippen LogP contribution in [0.2, 0.25) is 0 Å². The molecule has 11 nitrogen and oxygen atoms in total. The van der Waals surface area contributed by atoms with Crippen molar-refractivity contribution in [3.8, 4) is 0 Å². The Morgan fingerprint density at radius 2 is 1.90 bits per heavy atom. The van der Waals surface area contributed by atoms with Gasteiger partial charge in [0.15, 0.2) is 0 Å². The Morgan fingerprint density at radius 1 is 1.14 bits per heavy atom. The van der Waals surface area contributed by atoms with Crippen molar-refractivity contribution in [1.82, 2.24) is 29.5 Å². The number of carbonyl (C=O) groups is 3. The number of nitrogens with zero attached hydrogens (tertiary/aromatic N) is 6. The van der Waals surface area contributed by atoms with Crippen LogP contribution >= 0.6 is 0 Å². The van der Waals surface area contributed by atoms with E-state index in [0.717, 1.165) is 0 Å². The normalized spacial score (nSPS) is 14.5. The number of carbonyl (C=O) groups excluding carboxylic acids is 3. The summed E-state index contributed by atoms with van der Waals surface area (Å²) in [6, 6.07) is 0. The third-order valence-electron chi connectivity index (χ3n) is 4.50. The fourth-order valence-electron chi connectivity index (χ4n) is 3.00. The average molecular weight is 401 g/mol. The zero-order chi connectivity index (χ0) is 20.8. The minimum atomic E-state index is -0.535. The molecule has 0 saturated carbocycles. The van der Waals surface area contributed by atoms with E-state index >= 15 is 0 Å². The van der Waals surface area contributed by atoms with E-state index in [1.807, 2.05) is 4.90 Å². The van der Waals surface area contributed by atoms with Gasteiger partial charge in [-0.05, 0) is 6.92 Å². The fourth-order valence-corrected chi connectivity index (χ4v) is 3.00. The topological polar surface area (TPSA) is 123 Å². The molecule has 2 aromatic heterocycles. The minimum absolute atomic E-state index is 0.140. The molecule has 1 saturated heterocycles. The van der Waals surface area contributed by atoms with Gasteiger partial charge in [0.2, 0.25) is 5.91 Å². The van der Waals surface area contributed by atoms with Crippen LogP contribution in [0.5, 0.6) is 0 Å². The summed E-state index contributed by atoms with van der Waals surface area (Å²) in [6.07, 6.45) is 5.81. The largest absolute Gasteiger partial charge is 0.462 e. The van der Waals surface area contributed by atoms with Crippen molar-refractivity contribution < 1.29 is 19.1 Å². The first-order valence-electron chi connectivity index (χ1n) is 9.26. The molecule has 154 valence electrons. The first-order valence-corrected chi connectivity index (χ1v) is 9.26. The first kappa shape index (κ1) is 20.4. The van der Waals surface area contributed by atoms with E-state index in [-0.39, 0.29) is 30.5 Å². The number of nitrogens with one attached hydrogen (secondary N) is 1. The number of rotatable bonds is 6. The van der Waals surface area contributed by atoms with E-state index < -0.39 is 5.97 Å². The summed E-state index contributed by atoms with van der Waals surface area (Å²) < 4.78 is 6.40. The molecule has 0 unspecified atom stereocenters. The van der Waals surface area contributed by atoms with Crippen molar-refractivity contribution in [3.63, 3.8) is 0 Å². The Morgan fingerprint density at radius 3 is 2.55 bits per heavy atom. The Labute approximate surface area is 167 Å². The number of aryl methyl sites for hydroxylation is 1. The molecule has 0 spiro atoms. The predicted octanol–water partition coefficient (Wildman–Crippen LogP) is -0.217. The molecule has 11 heteroatoms. The van der Waals surface area contributed by atoms with Crippen LogP contribution in [0, 0.1) is 0 Å². The number of piperazine rings is 1. The van der Waals surface area contributed by atoms with Crippen LogP contribution in [0.25, 0.3) is 0 Å². The fraction of sp³-hybridized carbons (Fsp3) is 0.444. The van der Waals surface area contributed by atoms with Crippen molar-refractivity contribution >= 4 is 23.6 Å². The van der Waals surface area contributed by atoms with Crippen molar-refractivity contribution in [2.24, 2.45) is 7.05 Å². The highest BCUT2D eigenvalue weighted by molar-refractivity contribution is 6.00. The quantitative estimate of drug-likeness (QED) is 0.660. The highest BCUT2D eigenvalue weighted by Gasteiger charge is 2.25. The zero-order valence-corrected chi connectivity index (χ0v) is 16.4. The molecule has 0 radical (unpaired) electrons. The molecule has 0 aliphatic carbocycles. The number of anilines is 1. The summed E-state index contributed by atoms with van der Waals surface area (Å²) in [5, 5.41) is 6.74. The van der Waals surface area contributed by atoms with Crippen LogP contribution in [-0.2, 0) is 16.6 Å². The molecule has 2 amide bonds. The lowest BCUT2D eigenvalue weighted by Gasteiger charge is -2.34. The molecule has 0 bridgehead atoms. The number of ether oxygens (including phenoxy) is 1. The highest BCUT2D eigenvalue weighted by Crippen LogP contribution is 2.15. The van der Waals surface area contributed by atoms with Crippen molar-refractivity contribution in [2.75, 3.05) is 44.6 Å². The lowest BCUT2D eigenvalue weighted by molar-refractivity contribution is -0.117. The number of hydrogen-bond acceptors (Lipinski definition) is 8. The molecule has 0 atom stereocenters. The van der Waals surface area contributed by atoms with Gasteiger partial charge in [0, 0.05) is 45.6 Å². The molecule has 1 aliphatic heterocycles. The van der Waals surface area contributed by atoms with Crippen LogP contribution in [0.1, 0.15) is 27.8 Å². The molecule has 2 aromatic rings. The maximum Gasteiger partial charge on any atom is 0.343 e. The van der Waals surface area contributed by atoms with Gasteiger partial charge in [-0.1, -0.05) is 0 Å². The molecule has 29 heavy (non-hydrogen) atoms. The zero-order valence-electron chi connectivity index (χ0n) is 16.4. The second-order valence-electron chi connectivity index (χ2n) is 6.46. The smallest absolute Gasteiger partial charge is 0.343 e. The standard InChI is InChI=1S/C18H23N7O4/c1-3-29-18(28)13-10-21-23(2)16(13)22-15(26)12-24-6-8-25(9-7-24)17(27)14-11-19-4-5-20-14/h4-5,10-11H,3,6-9,12H2,1-2H3,(H,22,26). The second-order valence-corrected chi connectivity index (χ2v) is 6.46. The Hall–Kier alpha value is -3.34. The molecule has 3 rings (SSSR count). The lowest BCUT2D eigenvalue weighted by atomic mass is 10.2. The van der Waals surface area contributed by atoms with Crippen molar-refractivity contribution in [3.05, 3.63) is 36.0 Å². The van der Waals surface area contributed by atoms with E-state index in [4.69, 9.17) is 4.74 Å². The van der Waals surface area contributed by atoms with Crippen LogP contribution in [0.4, 0.5) is 5.82 Å². The van der Waals surface area contributed by atoms with Crippen LogP contribution < -0.4 is 5.32 Å². The van der Waals surface area contributed by atoms with Crippen molar-refractivity contribution in [2.45, 2.75) is 6.92 Å². The molecular formula is C18H23N7O4. The molecular weight excluding hydrogens is 378 g/mol. The first-order chi connectivity index (χ1) is 14.0. The van der Waals surface area contributed by atoms with Gasteiger partial charge in [0.05, 0.1) is 25.5 Å². The Bertz CT molecular complexity index is 876. The second kappa shape index (κ2) is 9.24. The third-order valence-corrected chi connectivity index (χ3v) is 4.50. The van der Waals surface area contributed by atoms with Gasteiger partial charge in [-0.2, -0.15) is 5.10 Å². The summed E-state index contributed by atoms with van der Waals surface area (Å²) in [7, 11) is 1.63. The molecule has 0 aromatic carbocycles. The van der Waals surface area contributed by atoms with E-state index in [1.165, 1.54) is 29.5 Å². The maximum absolute atomic E-state index is 12.5. The van der Waals surface area contributed by atoms with Gasteiger partial charge in [-0.25, -0.2) is 9.78 Å². The SMILES string of the molecule is CCOC(=O)c1cnn(C)c1NC(=O)CN1CCN(C(=O)c2cnccn2)CC1. The summed E-state index contributed by atoms with van der Waals surface area (Å²) in [5.74, 6) is -0.680. The minimum Gasteiger partial charge on any atom is -0.462 e. The number of amides is 2. The van der Waals surface area contributed by atoms with Gasteiger partial charge in [-0.3, -0.25) is 24.2 Å². The predicted molar refractivity (Wildman–Crippen MR) is 102 cm³/mol. The van der Waals surface area contributed by atoms with Crippen LogP contribution in [0.3, 0.4) is 0 Å². The van der Waals surface area contributed by atoms with Crippen molar-refractivity contribution in [1.29, 1.82) is 0 Å². The van der Waals surface area contributed by atoms with E-state index in [1.54, 1.807) is 18.9 Å². The number of hydrogen-bond donors (Lipinski definition) is 1. The highest BCUT2D eigenvalue weighted by atomic mass is 16.5. The van der Waals surface area contributed by atoms with Crippen LogP contribution in [0.15, 0.2) is 24.8 Å². The number of aromatic nitrogens is 4. The molecule has 1 N–H and O–H groups in total. The van der Waals surface area contributed by atoms with E-state index in [2.05, 4.69) is 20.4 Å². The van der Waals surface area contributed by atoms with E-state index in [0.29, 0.717) is 37.7 Å². The Balaban J connectivity index is 1.52. The monoisotopic (exact) mass is 401 g/mol. The summed E-state index contributed by atoms with van der Waals surface area (Å²) in [6.45, 7) is 4.16. The average Bonchev–Trinajstić information content (AvgIpc) is 3.09. The van der Waals surface area contributed by atoms with Gasteiger partial charge in [0.1, 0.15) is 17.1 Å². The Kier molecular flexibility index (Phi) is 6.50. The summed E-state index contributed by atoms with van der Waals surface area (Å²) in [5.41, 5.74) is 0.517. The van der Waals surface area contributed by atoms with Crippen LogP contribution in [-0.4, -0.2) is 86.7 Å². The number of esters is 1. The molecule has 3 heterocycles. The van der Waals surface area contributed by atoms with E-state index in [9.17, 15) is 14.4 Å². The summed E-state index contributed by atoms with van der Waals surface area (Å²) >= 11 is 0. The van der Waals surface area contributed by atoms with Gasteiger partial charge in [0.25, 0.3) is 5.91 Å².